The summed E-state index contributed by atoms with van der Waals surface area (Å²) >= 11 is 0. The van der Waals surface area contributed by atoms with Gasteiger partial charge in [-0.15, -0.1) is 0 Å². The lowest BCUT2D eigenvalue weighted by molar-refractivity contribution is 0.102. The van der Waals surface area contributed by atoms with Crippen molar-refractivity contribution < 1.29 is 4.79 Å². The second-order valence-corrected chi connectivity index (χ2v) is 6.21. The second-order valence-electron chi connectivity index (χ2n) is 6.21. The Bertz CT molecular complexity index is 1050. The van der Waals surface area contributed by atoms with Crippen molar-refractivity contribution in [1.29, 1.82) is 0 Å². The Morgan fingerprint density at radius 1 is 0.963 bits per heavy atom. The smallest absolute Gasteiger partial charge is 0.277 e. The number of hydrogen-bond acceptors (Lipinski definition) is 4. The summed E-state index contributed by atoms with van der Waals surface area (Å²) in [4.78, 5) is 12.4. The molecule has 0 aliphatic heterocycles. The van der Waals surface area contributed by atoms with Crippen molar-refractivity contribution in [3.05, 3.63) is 84.1 Å². The molecule has 1 amide bonds. The summed E-state index contributed by atoms with van der Waals surface area (Å²) in [6.07, 6.45) is 7.12. The third-order valence-corrected chi connectivity index (χ3v) is 4.20. The molecule has 0 aliphatic carbocycles. The van der Waals surface area contributed by atoms with Crippen molar-refractivity contribution in [1.82, 2.24) is 29.3 Å². The first-order chi connectivity index (χ1) is 13.2. The van der Waals surface area contributed by atoms with Crippen molar-refractivity contribution in [2.45, 2.75) is 20.1 Å². The Hall–Kier alpha value is -3.68. The normalized spacial score (nSPS) is 10.9. The Labute approximate surface area is 156 Å². The van der Waals surface area contributed by atoms with Gasteiger partial charge in [-0.25, -0.2) is 0 Å². The van der Waals surface area contributed by atoms with E-state index in [2.05, 4.69) is 39.7 Å². The lowest BCUT2D eigenvalue weighted by Crippen LogP contribution is -2.15. The van der Waals surface area contributed by atoms with Crippen LogP contribution >= 0.6 is 0 Å². The van der Waals surface area contributed by atoms with E-state index in [9.17, 15) is 4.79 Å². The standard InChI is InChI=1S/C19H19N7O/c1-15-5-2-3-6-16(15)13-24-12-8-18(23-24)21-19(27)17-7-11-26(22-17)14-25-10-4-9-20-25/h2-12H,13-14H2,1H3,(H,21,23,27). The number of anilines is 1. The lowest BCUT2D eigenvalue weighted by atomic mass is 10.1. The minimum absolute atomic E-state index is 0.296. The van der Waals surface area contributed by atoms with Gasteiger partial charge in [0.1, 0.15) is 6.67 Å². The largest absolute Gasteiger partial charge is 0.304 e. The van der Waals surface area contributed by atoms with Gasteiger partial charge in [-0.2, -0.15) is 15.3 Å². The van der Waals surface area contributed by atoms with Gasteiger partial charge in [-0.3, -0.25) is 18.8 Å². The van der Waals surface area contributed by atoms with Crippen LogP contribution in [0.1, 0.15) is 21.6 Å². The summed E-state index contributed by atoms with van der Waals surface area (Å²) in [6, 6.07) is 13.4. The van der Waals surface area contributed by atoms with Crippen LogP contribution in [0.3, 0.4) is 0 Å². The summed E-state index contributed by atoms with van der Waals surface area (Å²) in [5.41, 5.74) is 2.73. The number of benzene rings is 1. The zero-order valence-electron chi connectivity index (χ0n) is 14.9. The van der Waals surface area contributed by atoms with Crippen LogP contribution in [-0.2, 0) is 13.2 Å². The molecule has 3 heterocycles. The monoisotopic (exact) mass is 361 g/mol. The molecule has 0 saturated heterocycles. The Kier molecular flexibility index (Phi) is 4.52. The highest BCUT2D eigenvalue weighted by Gasteiger charge is 2.12. The highest BCUT2D eigenvalue weighted by Crippen LogP contribution is 2.11. The summed E-state index contributed by atoms with van der Waals surface area (Å²) in [7, 11) is 0. The fourth-order valence-corrected chi connectivity index (χ4v) is 2.75. The van der Waals surface area contributed by atoms with E-state index in [0.29, 0.717) is 24.7 Å². The van der Waals surface area contributed by atoms with Gasteiger partial charge in [0.05, 0.1) is 6.54 Å². The summed E-state index contributed by atoms with van der Waals surface area (Å²) < 4.78 is 5.18. The highest BCUT2D eigenvalue weighted by atomic mass is 16.2. The molecule has 0 fully saturated rings. The number of amides is 1. The number of nitrogens with zero attached hydrogens (tertiary/aromatic N) is 6. The maximum atomic E-state index is 12.4. The SMILES string of the molecule is Cc1ccccc1Cn1ccc(NC(=O)c2ccn(Cn3cccn3)n2)n1. The van der Waals surface area contributed by atoms with Crippen LogP contribution < -0.4 is 5.32 Å². The molecule has 1 aromatic carbocycles. The number of carbonyl (C=O) groups excluding carboxylic acids is 1. The van der Waals surface area contributed by atoms with Gasteiger partial charge in [0, 0.05) is 30.9 Å². The highest BCUT2D eigenvalue weighted by molar-refractivity contribution is 6.02. The quantitative estimate of drug-likeness (QED) is 0.572. The molecular formula is C19H19N7O. The van der Waals surface area contributed by atoms with E-state index < -0.39 is 0 Å². The van der Waals surface area contributed by atoms with Crippen LogP contribution in [0.15, 0.2) is 67.3 Å². The number of carbonyl (C=O) groups is 1. The molecule has 27 heavy (non-hydrogen) atoms. The molecule has 0 spiro atoms. The summed E-state index contributed by atoms with van der Waals surface area (Å²) in [5, 5.41) is 15.6. The van der Waals surface area contributed by atoms with Gasteiger partial charge in [0.15, 0.2) is 11.5 Å². The van der Waals surface area contributed by atoms with Crippen molar-refractivity contribution >= 4 is 11.7 Å². The Morgan fingerprint density at radius 2 is 1.81 bits per heavy atom. The maximum Gasteiger partial charge on any atom is 0.277 e. The first-order valence-corrected chi connectivity index (χ1v) is 8.57. The minimum atomic E-state index is -0.296. The number of rotatable bonds is 6. The lowest BCUT2D eigenvalue weighted by Gasteiger charge is -2.05. The molecule has 0 atom stereocenters. The fourth-order valence-electron chi connectivity index (χ4n) is 2.75. The Morgan fingerprint density at radius 3 is 2.63 bits per heavy atom. The Balaban J connectivity index is 1.39. The molecule has 4 rings (SSSR count). The number of nitrogens with one attached hydrogen (secondary N) is 1. The molecule has 0 saturated carbocycles. The molecule has 0 unspecified atom stereocenters. The van der Waals surface area contributed by atoms with Gasteiger partial charge in [-0.1, -0.05) is 24.3 Å². The molecule has 136 valence electrons. The van der Waals surface area contributed by atoms with E-state index in [1.54, 1.807) is 38.6 Å². The van der Waals surface area contributed by atoms with Gasteiger partial charge < -0.3 is 5.32 Å². The van der Waals surface area contributed by atoms with E-state index in [4.69, 9.17) is 0 Å². The topological polar surface area (TPSA) is 82.6 Å². The zero-order valence-corrected chi connectivity index (χ0v) is 14.9. The van der Waals surface area contributed by atoms with Crippen LogP contribution in [0.4, 0.5) is 5.82 Å². The van der Waals surface area contributed by atoms with Crippen LogP contribution in [-0.4, -0.2) is 35.2 Å². The van der Waals surface area contributed by atoms with Crippen LogP contribution in [0, 0.1) is 6.92 Å². The average Bonchev–Trinajstić information content (AvgIpc) is 3.40. The summed E-state index contributed by atoms with van der Waals surface area (Å²) in [5.74, 6) is 0.200. The zero-order chi connectivity index (χ0) is 18.6. The molecule has 1 N–H and O–H groups in total. The number of hydrogen-bond donors (Lipinski definition) is 1. The van der Waals surface area contributed by atoms with Gasteiger partial charge in [-0.05, 0) is 30.2 Å². The van der Waals surface area contributed by atoms with Gasteiger partial charge in [0.25, 0.3) is 5.91 Å². The predicted octanol–water partition coefficient (Wildman–Crippen LogP) is 2.39. The molecule has 0 radical (unpaired) electrons. The number of aromatic nitrogens is 6. The van der Waals surface area contributed by atoms with Crippen molar-refractivity contribution in [3.63, 3.8) is 0 Å². The van der Waals surface area contributed by atoms with E-state index in [-0.39, 0.29) is 5.91 Å². The van der Waals surface area contributed by atoms with E-state index in [1.165, 1.54) is 11.1 Å². The number of aryl methyl sites for hydroxylation is 1. The van der Waals surface area contributed by atoms with Gasteiger partial charge >= 0.3 is 0 Å². The molecule has 0 aliphatic rings. The van der Waals surface area contributed by atoms with Crippen molar-refractivity contribution in [2.75, 3.05) is 5.32 Å². The molecular weight excluding hydrogens is 342 g/mol. The molecule has 3 aromatic heterocycles. The van der Waals surface area contributed by atoms with Crippen LogP contribution in [0.25, 0.3) is 0 Å². The predicted molar refractivity (Wildman–Crippen MR) is 100 cm³/mol. The van der Waals surface area contributed by atoms with Crippen LogP contribution in [0.2, 0.25) is 0 Å². The maximum absolute atomic E-state index is 12.4. The average molecular weight is 361 g/mol. The second kappa shape index (κ2) is 7.28. The molecule has 8 nitrogen and oxygen atoms in total. The van der Waals surface area contributed by atoms with Crippen molar-refractivity contribution in [3.8, 4) is 0 Å². The first kappa shape index (κ1) is 16.8. The third-order valence-electron chi connectivity index (χ3n) is 4.20. The third kappa shape index (κ3) is 3.95. The van der Waals surface area contributed by atoms with Gasteiger partial charge in [0.2, 0.25) is 0 Å². The fraction of sp³-hybridized carbons (Fsp3) is 0.158. The summed E-state index contributed by atoms with van der Waals surface area (Å²) in [6.45, 7) is 3.17. The van der Waals surface area contributed by atoms with E-state index in [0.717, 1.165) is 0 Å². The van der Waals surface area contributed by atoms with E-state index in [1.807, 2.05) is 30.6 Å². The molecule has 8 heteroatoms. The molecule has 0 bridgehead atoms. The first-order valence-electron chi connectivity index (χ1n) is 8.57. The minimum Gasteiger partial charge on any atom is -0.304 e. The van der Waals surface area contributed by atoms with Crippen molar-refractivity contribution in [2.24, 2.45) is 0 Å². The van der Waals surface area contributed by atoms with Crippen LogP contribution in [0.5, 0.6) is 0 Å². The van der Waals surface area contributed by atoms with E-state index >= 15 is 0 Å². The molecule has 4 aromatic rings.